The molecular formula is C14H24N2S. The molecule has 0 spiro atoms. The topological polar surface area (TPSA) is 24.9 Å². The Balaban J connectivity index is 1.86. The summed E-state index contributed by atoms with van der Waals surface area (Å²) in [5.74, 6) is 0.769. The van der Waals surface area contributed by atoms with E-state index in [0.717, 1.165) is 18.4 Å². The summed E-state index contributed by atoms with van der Waals surface area (Å²) in [6.45, 7) is 7.75. The highest BCUT2D eigenvalue weighted by molar-refractivity contribution is 7.11. The Labute approximate surface area is 109 Å². The zero-order valence-corrected chi connectivity index (χ0v) is 12.1. The van der Waals surface area contributed by atoms with Crippen LogP contribution in [0.5, 0.6) is 0 Å². The quantitative estimate of drug-likeness (QED) is 0.803. The number of aromatic nitrogens is 1. The molecule has 0 aliphatic heterocycles. The molecule has 0 bridgehead atoms. The minimum Gasteiger partial charge on any atom is -0.314 e. The molecule has 1 aromatic rings. The first-order chi connectivity index (χ1) is 8.19. The van der Waals surface area contributed by atoms with Crippen molar-refractivity contribution in [3.63, 3.8) is 0 Å². The van der Waals surface area contributed by atoms with Gasteiger partial charge in [0.15, 0.2) is 0 Å². The maximum Gasteiger partial charge on any atom is 0.0934 e. The van der Waals surface area contributed by atoms with Crippen molar-refractivity contribution in [2.24, 2.45) is 5.92 Å². The molecule has 1 N–H and O–H groups in total. The number of rotatable bonds is 7. The first-order valence-electron chi connectivity index (χ1n) is 6.85. The van der Waals surface area contributed by atoms with Crippen LogP contribution in [0.15, 0.2) is 0 Å². The standard InChI is InChI=1S/C14H24N2S/c1-4-5-12(9-15-13-6-7-13)8-14-16-10(2)11(3)17-14/h12-13,15H,4-9H2,1-3H3. The van der Waals surface area contributed by atoms with Crippen molar-refractivity contribution in [2.75, 3.05) is 6.54 Å². The summed E-state index contributed by atoms with van der Waals surface area (Å²) in [5.41, 5.74) is 1.22. The van der Waals surface area contributed by atoms with Crippen LogP contribution in [-0.2, 0) is 6.42 Å². The third kappa shape index (κ3) is 4.07. The van der Waals surface area contributed by atoms with E-state index >= 15 is 0 Å². The second kappa shape index (κ2) is 5.96. The van der Waals surface area contributed by atoms with Gasteiger partial charge in [0.1, 0.15) is 0 Å². The molecule has 1 unspecified atom stereocenters. The van der Waals surface area contributed by atoms with Gasteiger partial charge < -0.3 is 5.32 Å². The van der Waals surface area contributed by atoms with Crippen LogP contribution in [0.2, 0.25) is 0 Å². The Morgan fingerprint density at radius 2 is 2.18 bits per heavy atom. The molecule has 1 fully saturated rings. The maximum absolute atomic E-state index is 4.67. The minimum atomic E-state index is 0.769. The van der Waals surface area contributed by atoms with Crippen LogP contribution in [0.25, 0.3) is 0 Å². The lowest BCUT2D eigenvalue weighted by Gasteiger charge is -2.15. The molecule has 0 saturated heterocycles. The average molecular weight is 252 g/mol. The number of nitrogens with one attached hydrogen (secondary N) is 1. The molecule has 1 aliphatic carbocycles. The molecular weight excluding hydrogens is 228 g/mol. The molecule has 1 aromatic heterocycles. The van der Waals surface area contributed by atoms with Crippen LogP contribution in [0.3, 0.4) is 0 Å². The molecule has 1 atom stereocenters. The Kier molecular flexibility index (Phi) is 4.57. The van der Waals surface area contributed by atoms with E-state index in [-0.39, 0.29) is 0 Å². The highest BCUT2D eigenvalue weighted by atomic mass is 32.1. The van der Waals surface area contributed by atoms with E-state index in [9.17, 15) is 0 Å². The average Bonchev–Trinajstić information content (AvgIpc) is 3.04. The van der Waals surface area contributed by atoms with Gasteiger partial charge in [-0.2, -0.15) is 0 Å². The Morgan fingerprint density at radius 1 is 1.41 bits per heavy atom. The van der Waals surface area contributed by atoms with Crippen molar-refractivity contribution in [3.05, 3.63) is 15.6 Å². The van der Waals surface area contributed by atoms with Crippen LogP contribution in [0.1, 0.15) is 48.2 Å². The SMILES string of the molecule is CCCC(CNC1CC1)Cc1nc(C)c(C)s1. The van der Waals surface area contributed by atoms with E-state index in [1.807, 2.05) is 11.3 Å². The van der Waals surface area contributed by atoms with Gasteiger partial charge in [-0.25, -0.2) is 4.98 Å². The molecule has 2 nitrogen and oxygen atoms in total. The summed E-state index contributed by atoms with van der Waals surface area (Å²) in [4.78, 5) is 6.05. The summed E-state index contributed by atoms with van der Waals surface area (Å²) in [6.07, 6.45) is 6.52. The summed E-state index contributed by atoms with van der Waals surface area (Å²) >= 11 is 1.88. The molecule has 3 heteroatoms. The highest BCUT2D eigenvalue weighted by Crippen LogP contribution is 2.23. The molecule has 1 saturated carbocycles. The smallest absolute Gasteiger partial charge is 0.0934 e. The summed E-state index contributed by atoms with van der Waals surface area (Å²) < 4.78 is 0. The predicted molar refractivity (Wildman–Crippen MR) is 74.7 cm³/mol. The lowest BCUT2D eigenvalue weighted by Crippen LogP contribution is -2.26. The molecule has 1 aliphatic rings. The van der Waals surface area contributed by atoms with Crippen LogP contribution in [-0.4, -0.2) is 17.6 Å². The normalized spacial score (nSPS) is 17.4. The van der Waals surface area contributed by atoms with Gasteiger partial charge in [-0.3, -0.25) is 0 Å². The molecule has 0 radical (unpaired) electrons. The Morgan fingerprint density at radius 3 is 2.71 bits per heavy atom. The van der Waals surface area contributed by atoms with Crippen LogP contribution in [0, 0.1) is 19.8 Å². The largest absolute Gasteiger partial charge is 0.314 e. The van der Waals surface area contributed by atoms with Crippen molar-refractivity contribution in [1.82, 2.24) is 10.3 Å². The van der Waals surface area contributed by atoms with E-state index in [4.69, 9.17) is 0 Å². The molecule has 0 amide bonds. The minimum absolute atomic E-state index is 0.769. The fourth-order valence-electron chi connectivity index (χ4n) is 2.18. The van der Waals surface area contributed by atoms with E-state index in [0.29, 0.717) is 0 Å². The molecule has 96 valence electrons. The van der Waals surface area contributed by atoms with E-state index in [2.05, 4.69) is 31.1 Å². The highest BCUT2D eigenvalue weighted by Gasteiger charge is 2.22. The van der Waals surface area contributed by atoms with E-state index in [1.54, 1.807) is 0 Å². The van der Waals surface area contributed by atoms with Crippen molar-refractivity contribution in [1.29, 1.82) is 0 Å². The number of nitrogens with zero attached hydrogens (tertiary/aromatic N) is 1. The van der Waals surface area contributed by atoms with Gasteiger partial charge in [0.05, 0.1) is 10.7 Å². The van der Waals surface area contributed by atoms with Gasteiger partial charge in [0.2, 0.25) is 0 Å². The first kappa shape index (κ1) is 13.0. The van der Waals surface area contributed by atoms with Crippen LogP contribution in [0.4, 0.5) is 0 Å². The van der Waals surface area contributed by atoms with Crippen molar-refractivity contribution >= 4 is 11.3 Å². The van der Waals surface area contributed by atoms with Gasteiger partial charge >= 0.3 is 0 Å². The van der Waals surface area contributed by atoms with Crippen LogP contribution < -0.4 is 5.32 Å². The second-order valence-corrected chi connectivity index (χ2v) is 6.58. The lowest BCUT2D eigenvalue weighted by molar-refractivity contribution is 0.436. The third-order valence-electron chi connectivity index (χ3n) is 3.51. The van der Waals surface area contributed by atoms with E-state index < -0.39 is 0 Å². The summed E-state index contributed by atoms with van der Waals surface area (Å²) in [7, 11) is 0. The Bertz CT molecular complexity index is 336. The zero-order valence-electron chi connectivity index (χ0n) is 11.3. The predicted octanol–water partition coefficient (Wildman–Crippen LogP) is 3.47. The molecule has 1 heterocycles. The van der Waals surface area contributed by atoms with Crippen molar-refractivity contribution < 1.29 is 0 Å². The maximum atomic E-state index is 4.67. The fourth-order valence-corrected chi connectivity index (χ4v) is 3.23. The first-order valence-corrected chi connectivity index (χ1v) is 7.67. The van der Waals surface area contributed by atoms with Gasteiger partial charge in [0, 0.05) is 17.3 Å². The van der Waals surface area contributed by atoms with Gasteiger partial charge in [-0.1, -0.05) is 13.3 Å². The van der Waals surface area contributed by atoms with Gasteiger partial charge in [-0.15, -0.1) is 11.3 Å². The summed E-state index contributed by atoms with van der Waals surface area (Å²) in [5, 5.41) is 4.99. The molecule has 0 aromatic carbocycles. The van der Waals surface area contributed by atoms with Gasteiger partial charge in [-0.05, 0) is 45.6 Å². The van der Waals surface area contributed by atoms with Crippen molar-refractivity contribution in [3.8, 4) is 0 Å². The van der Waals surface area contributed by atoms with Crippen LogP contribution >= 0.6 is 11.3 Å². The number of hydrogen-bond donors (Lipinski definition) is 1. The van der Waals surface area contributed by atoms with E-state index in [1.165, 1.54) is 47.8 Å². The third-order valence-corrected chi connectivity index (χ3v) is 4.60. The lowest BCUT2D eigenvalue weighted by atomic mass is 10.00. The monoisotopic (exact) mass is 252 g/mol. The zero-order chi connectivity index (χ0) is 12.3. The number of aryl methyl sites for hydroxylation is 2. The molecule has 2 rings (SSSR count). The Hall–Kier alpha value is -0.410. The van der Waals surface area contributed by atoms with Crippen molar-refractivity contribution in [2.45, 2.75) is 58.9 Å². The number of thiazole rings is 1. The number of hydrogen-bond acceptors (Lipinski definition) is 3. The second-order valence-electron chi connectivity index (χ2n) is 5.29. The molecule has 17 heavy (non-hydrogen) atoms. The van der Waals surface area contributed by atoms with Gasteiger partial charge in [0.25, 0.3) is 0 Å². The summed E-state index contributed by atoms with van der Waals surface area (Å²) in [6, 6.07) is 0.828. The fraction of sp³-hybridized carbons (Fsp3) is 0.786.